The Bertz CT molecular complexity index is 1560. The maximum absolute atomic E-state index is 12.6. The first-order valence-corrected chi connectivity index (χ1v) is 17.5. The van der Waals surface area contributed by atoms with Gasteiger partial charge in [-0.3, -0.25) is 24.2 Å². The van der Waals surface area contributed by atoms with Crippen LogP contribution in [0.2, 0.25) is 0 Å². The summed E-state index contributed by atoms with van der Waals surface area (Å²) < 4.78 is 21.6. The van der Waals surface area contributed by atoms with Gasteiger partial charge < -0.3 is 34.3 Å². The second-order valence-corrected chi connectivity index (χ2v) is 14.2. The van der Waals surface area contributed by atoms with E-state index < -0.39 is 29.9 Å². The molecule has 0 saturated carbocycles. The molecule has 12 nitrogen and oxygen atoms in total. The summed E-state index contributed by atoms with van der Waals surface area (Å²) in [6.45, 7) is 6.54. The molecule has 0 spiro atoms. The lowest BCUT2D eigenvalue weighted by atomic mass is 9.79. The third kappa shape index (κ3) is 7.87. The molecular formula is C38H52N2O10. The quantitative estimate of drug-likeness (QED) is 0.323. The average molecular weight is 697 g/mol. The predicted molar refractivity (Wildman–Crippen MR) is 185 cm³/mol. The van der Waals surface area contributed by atoms with E-state index in [-0.39, 0.29) is 29.7 Å². The number of aliphatic hydroxyl groups excluding tert-OH is 1. The van der Waals surface area contributed by atoms with Crippen LogP contribution in [-0.2, 0) is 27.2 Å². The number of Topliss-reactive ketones (excluding diaryl/α,β-unsaturated/α-hetero) is 1. The van der Waals surface area contributed by atoms with Gasteiger partial charge in [-0.1, -0.05) is 13.8 Å². The Balaban J connectivity index is 0.000000194. The molecule has 50 heavy (non-hydrogen) atoms. The molecule has 0 amide bonds. The highest BCUT2D eigenvalue weighted by Gasteiger charge is 2.41. The molecule has 12 heteroatoms. The summed E-state index contributed by atoms with van der Waals surface area (Å²) in [5.74, 6) is 0.251. The molecule has 0 bridgehead atoms. The lowest BCUT2D eigenvalue weighted by Gasteiger charge is -2.46. The number of ether oxygens (including phenoxy) is 4. The van der Waals surface area contributed by atoms with Gasteiger partial charge in [-0.25, -0.2) is 0 Å². The van der Waals surface area contributed by atoms with Crippen molar-refractivity contribution in [3.05, 3.63) is 46.5 Å². The zero-order valence-electron chi connectivity index (χ0n) is 30.0. The molecule has 0 radical (unpaired) electrons. The molecule has 2 aromatic rings. The van der Waals surface area contributed by atoms with E-state index >= 15 is 0 Å². The summed E-state index contributed by atoms with van der Waals surface area (Å²) in [6, 6.07) is 8.25. The fraction of sp³-hybridized carbons (Fsp3) is 0.605. The van der Waals surface area contributed by atoms with Gasteiger partial charge in [0.2, 0.25) is 0 Å². The molecule has 0 aliphatic carbocycles. The third-order valence-corrected chi connectivity index (χ3v) is 11.1. The number of carbonyl (C=O) groups is 3. The van der Waals surface area contributed by atoms with Crippen molar-refractivity contribution >= 4 is 17.7 Å². The molecule has 2 unspecified atom stereocenters. The number of carbonyl (C=O) groups excluding carboxylic acids is 1. The molecule has 7 atom stereocenters. The SMILES string of the molecule is COc1cc2c(cc1OC)[C@@H]1CC(=O)[C@@H](CC(C)C(=O)O)CN1CC2.COc1cc2c(cc1OC)[C@@H]1C[C@@H](O)[C@@H](CC(C)C(=O)O)CN1CC2. The summed E-state index contributed by atoms with van der Waals surface area (Å²) in [7, 11) is 6.50. The van der Waals surface area contributed by atoms with Gasteiger partial charge in [-0.2, -0.15) is 0 Å². The van der Waals surface area contributed by atoms with E-state index in [2.05, 4.69) is 9.80 Å². The first kappa shape index (κ1) is 37.4. The van der Waals surface area contributed by atoms with Crippen LogP contribution in [0.4, 0.5) is 0 Å². The second kappa shape index (κ2) is 16.0. The molecule has 2 aromatic carbocycles. The minimum absolute atomic E-state index is 0.00374. The van der Waals surface area contributed by atoms with Gasteiger partial charge in [-0.15, -0.1) is 0 Å². The maximum atomic E-state index is 12.6. The number of nitrogens with zero attached hydrogens (tertiary/aromatic N) is 2. The molecule has 2 fully saturated rings. The van der Waals surface area contributed by atoms with Gasteiger partial charge >= 0.3 is 11.9 Å². The number of ketones is 1. The van der Waals surface area contributed by atoms with E-state index in [1.165, 1.54) is 16.7 Å². The number of hydrogen-bond acceptors (Lipinski definition) is 10. The minimum atomic E-state index is -0.837. The van der Waals surface area contributed by atoms with Gasteiger partial charge in [-0.05, 0) is 84.5 Å². The largest absolute Gasteiger partial charge is 0.493 e. The van der Waals surface area contributed by atoms with Gasteiger partial charge in [0.15, 0.2) is 23.0 Å². The lowest BCUT2D eigenvalue weighted by molar-refractivity contribution is -0.143. The van der Waals surface area contributed by atoms with Gasteiger partial charge in [0.05, 0.1) is 46.4 Å². The van der Waals surface area contributed by atoms with Gasteiger partial charge in [0.25, 0.3) is 0 Å². The molecular weight excluding hydrogens is 644 g/mol. The van der Waals surface area contributed by atoms with E-state index in [1.807, 2.05) is 24.3 Å². The van der Waals surface area contributed by atoms with Gasteiger partial charge in [0.1, 0.15) is 5.78 Å². The standard InChI is InChI=1S/C19H27NO5.C19H25NO5/c2*1-11(19(22)23)6-13-10-20-5-4-12-7-17(24-2)18(25-3)8-14(12)15(20)9-16(13)21/h7-8,11,13,15-16,21H,4-6,9-10H2,1-3H3,(H,22,23);7-8,11,13,15H,4-6,9-10H2,1-3H3,(H,22,23)/t11?,13-,15-,16+;11?,13-,15-/m00/s1. The Morgan fingerprint density at radius 2 is 1.20 bits per heavy atom. The summed E-state index contributed by atoms with van der Waals surface area (Å²) in [5, 5.41) is 28.9. The number of carboxylic acids is 2. The second-order valence-electron chi connectivity index (χ2n) is 14.2. The van der Waals surface area contributed by atoms with Crippen molar-refractivity contribution in [1.82, 2.24) is 9.80 Å². The Labute approximate surface area is 294 Å². The van der Waals surface area contributed by atoms with Crippen LogP contribution in [0.5, 0.6) is 23.0 Å². The van der Waals surface area contributed by atoms with Crippen LogP contribution in [0.3, 0.4) is 0 Å². The van der Waals surface area contributed by atoms with Crippen molar-refractivity contribution in [2.45, 2.75) is 70.6 Å². The minimum Gasteiger partial charge on any atom is -0.493 e. The Hall–Kier alpha value is -3.87. The lowest BCUT2D eigenvalue weighted by Crippen LogP contribution is -2.48. The molecule has 4 aliphatic heterocycles. The van der Waals surface area contributed by atoms with Crippen molar-refractivity contribution in [3.63, 3.8) is 0 Å². The Kier molecular flexibility index (Phi) is 12.0. The number of fused-ring (bicyclic) bond motifs is 6. The van der Waals surface area contributed by atoms with E-state index in [0.29, 0.717) is 49.5 Å². The number of carboxylic acid groups (broad SMARTS) is 2. The van der Waals surface area contributed by atoms with Crippen LogP contribution in [0.1, 0.15) is 73.9 Å². The first-order valence-electron chi connectivity index (χ1n) is 17.5. The molecule has 3 N–H and O–H groups in total. The van der Waals surface area contributed by atoms with Crippen LogP contribution < -0.4 is 18.9 Å². The van der Waals surface area contributed by atoms with Crippen molar-refractivity contribution in [3.8, 4) is 23.0 Å². The molecule has 0 aromatic heterocycles. The van der Waals surface area contributed by atoms with Crippen LogP contribution in [0, 0.1) is 23.7 Å². The summed E-state index contributed by atoms with van der Waals surface area (Å²) in [4.78, 5) is 39.6. The van der Waals surface area contributed by atoms with Crippen LogP contribution in [-0.4, -0.2) is 104 Å². The highest BCUT2D eigenvalue weighted by molar-refractivity contribution is 5.84. The zero-order chi connectivity index (χ0) is 36.3. The van der Waals surface area contributed by atoms with E-state index in [1.54, 1.807) is 42.3 Å². The van der Waals surface area contributed by atoms with Crippen molar-refractivity contribution in [2.75, 3.05) is 54.6 Å². The predicted octanol–water partition coefficient (Wildman–Crippen LogP) is 4.40. The van der Waals surface area contributed by atoms with Gasteiger partial charge in [0, 0.05) is 50.6 Å². The fourth-order valence-electron chi connectivity index (χ4n) is 8.22. The average Bonchev–Trinajstić information content (AvgIpc) is 3.11. The van der Waals surface area contributed by atoms with Crippen molar-refractivity contribution in [2.24, 2.45) is 23.7 Å². The van der Waals surface area contributed by atoms with E-state index in [9.17, 15) is 19.5 Å². The number of aliphatic carboxylic acids is 2. The number of aliphatic hydroxyl groups is 1. The highest BCUT2D eigenvalue weighted by atomic mass is 16.5. The molecule has 274 valence electrons. The molecule has 4 heterocycles. The molecule has 2 saturated heterocycles. The van der Waals surface area contributed by atoms with Crippen LogP contribution in [0.25, 0.3) is 0 Å². The smallest absolute Gasteiger partial charge is 0.306 e. The van der Waals surface area contributed by atoms with Crippen molar-refractivity contribution in [1.29, 1.82) is 0 Å². The molecule has 4 aliphatic rings. The van der Waals surface area contributed by atoms with E-state index in [0.717, 1.165) is 43.8 Å². The Morgan fingerprint density at radius 1 is 0.740 bits per heavy atom. The number of piperidine rings is 2. The van der Waals surface area contributed by atoms with Crippen LogP contribution >= 0.6 is 0 Å². The summed E-state index contributed by atoms with van der Waals surface area (Å²) in [6.07, 6.45) is 3.31. The summed E-state index contributed by atoms with van der Waals surface area (Å²) in [5.41, 5.74) is 4.75. The van der Waals surface area contributed by atoms with Crippen molar-refractivity contribution < 1.29 is 48.7 Å². The molecule has 6 rings (SSSR count). The maximum Gasteiger partial charge on any atom is 0.306 e. The van der Waals surface area contributed by atoms with E-state index in [4.69, 9.17) is 29.2 Å². The fourth-order valence-corrected chi connectivity index (χ4v) is 8.22. The first-order chi connectivity index (χ1) is 23.9. The number of methoxy groups -OCH3 is 4. The van der Waals surface area contributed by atoms with Crippen LogP contribution in [0.15, 0.2) is 24.3 Å². The number of benzene rings is 2. The monoisotopic (exact) mass is 696 g/mol. The topological polar surface area (TPSA) is 155 Å². The normalized spacial score (nSPS) is 25.7. The third-order valence-electron chi connectivity index (χ3n) is 11.1. The number of hydrogen-bond donors (Lipinski definition) is 3. The Morgan fingerprint density at radius 3 is 1.70 bits per heavy atom. The summed E-state index contributed by atoms with van der Waals surface area (Å²) >= 11 is 0. The number of rotatable bonds is 10. The highest BCUT2D eigenvalue weighted by Crippen LogP contribution is 2.44. The zero-order valence-corrected chi connectivity index (χ0v) is 30.0.